The van der Waals surface area contributed by atoms with Gasteiger partial charge >= 0.3 is 16.2 Å². The first-order chi connectivity index (χ1) is 7.32. The van der Waals surface area contributed by atoms with Gasteiger partial charge in [0.1, 0.15) is 4.88 Å². The molecule has 0 aromatic carbocycles. The highest BCUT2D eigenvalue weighted by Crippen LogP contribution is 2.24. The topological polar surface area (TPSA) is 102 Å². The third kappa shape index (κ3) is 1.46. The van der Waals surface area contributed by atoms with E-state index >= 15 is 0 Å². The molecule has 0 spiro atoms. The number of hydrogen-bond donors (Lipinski definition) is 1. The highest BCUT2D eigenvalue weighted by molar-refractivity contribution is 7.86. The normalized spacial score (nSPS) is 12.1. The summed E-state index contributed by atoms with van der Waals surface area (Å²) in [5.41, 5.74) is 0.0775. The second-order valence-electron chi connectivity index (χ2n) is 2.86. The molecule has 0 atom stereocenters. The molecule has 2 rings (SSSR count). The number of carboxylic acid groups (broad SMARTS) is 1. The molecule has 1 N–H and O–H groups in total. The molecule has 0 aliphatic heterocycles. The Morgan fingerprint density at radius 1 is 1.50 bits per heavy atom. The number of fused-ring (bicyclic) bond motifs is 1. The van der Waals surface area contributed by atoms with Crippen molar-refractivity contribution in [3.63, 3.8) is 0 Å². The average Bonchev–Trinajstić information content (AvgIpc) is 2.64. The second-order valence-corrected chi connectivity index (χ2v) is 5.08. The molecule has 7 nitrogen and oxygen atoms in total. The van der Waals surface area contributed by atoms with Crippen LogP contribution in [0.15, 0.2) is 5.16 Å². The molecule has 0 saturated heterocycles. The summed E-state index contributed by atoms with van der Waals surface area (Å²) in [5, 5.41) is 14.4. The van der Waals surface area contributed by atoms with Gasteiger partial charge in [0.15, 0.2) is 0 Å². The molecular formula is C6H4FN3O4S2. The maximum absolute atomic E-state index is 12.8. The number of carboxylic acids is 1. The largest absolute Gasteiger partial charge is 0.477 e. The number of aryl methyl sites for hydroxylation is 1. The Balaban J connectivity index is 2.87. The van der Waals surface area contributed by atoms with Gasteiger partial charge in [0.05, 0.1) is 0 Å². The van der Waals surface area contributed by atoms with Crippen molar-refractivity contribution in [2.45, 2.75) is 12.1 Å². The van der Waals surface area contributed by atoms with Crippen molar-refractivity contribution in [3.8, 4) is 0 Å². The lowest BCUT2D eigenvalue weighted by molar-refractivity contribution is 0.0701. The first kappa shape index (κ1) is 11.0. The van der Waals surface area contributed by atoms with E-state index in [4.69, 9.17) is 5.11 Å². The van der Waals surface area contributed by atoms with Gasteiger partial charge in [-0.05, 0) is 6.92 Å². The number of nitrogens with zero attached hydrogens (tertiary/aromatic N) is 3. The lowest BCUT2D eigenvalue weighted by Gasteiger charge is -1.94. The van der Waals surface area contributed by atoms with Gasteiger partial charge in [-0.2, -0.15) is 8.42 Å². The zero-order valence-corrected chi connectivity index (χ0v) is 9.34. The molecule has 0 saturated carbocycles. The molecule has 0 bridgehead atoms. The molecule has 0 radical (unpaired) electrons. The standard InChI is InChI=1S/C6H4FN3O4S2/c1-2-3(4(11)12)15-5-8-9-6(10(2)5)16(7,13)14/h1H3,(H,11,12). The predicted molar refractivity (Wildman–Crippen MR) is 50.9 cm³/mol. The number of rotatable bonds is 2. The van der Waals surface area contributed by atoms with E-state index in [-0.39, 0.29) is 15.5 Å². The molecule has 0 aliphatic rings. The number of halogens is 1. The van der Waals surface area contributed by atoms with Crippen LogP contribution in [-0.2, 0) is 10.2 Å². The average molecular weight is 265 g/mol. The van der Waals surface area contributed by atoms with E-state index in [2.05, 4.69) is 10.2 Å². The van der Waals surface area contributed by atoms with E-state index in [1.165, 1.54) is 6.92 Å². The van der Waals surface area contributed by atoms with Gasteiger partial charge in [0, 0.05) is 5.69 Å². The highest BCUT2D eigenvalue weighted by Gasteiger charge is 2.26. The van der Waals surface area contributed by atoms with E-state index < -0.39 is 21.3 Å². The van der Waals surface area contributed by atoms with Crippen LogP contribution in [0.4, 0.5) is 3.89 Å². The predicted octanol–water partition coefficient (Wildman–Crippen LogP) is 0.456. The number of carbonyl (C=O) groups is 1. The SMILES string of the molecule is Cc1c(C(=O)O)sc2nnc(S(=O)(=O)F)n12. The van der Waals surface area contributed by atoms with Gasteiger partial charge < -0.3 is 5.11 Å². The summed E-state index contributed by atoms with van der Waals surface area (Å²) in [6, 6.07) is 0. The first-order valence-corrected chi connectivity index (χ1v) is 6.05. The van der Waals surface area contributed by atoms with Gasteiger partial charge in [-0.25, -0.2) is 4.79 Å². The number of hydrogen-bond acceptors (Lipinski definition) is 6. The Morgan fingerprint density at radius 3 is 2.62 bits per heavy atom. The molecule has 2 aromatic heterocycles. The van der Waals surface area contributed by atoms with Gasteiger partial charge in [-0.1, -0.05) is 15.2 Å². The van der Waals surface area contributed by atoms with Crippen LogP contribution in [0, 0.1) is 6.92 Å². The van der Waals surface area contributed by atoms with Crippen LogP contribution >= 0.6 is 11.3 Å². The summed E-state index contributed by atoms with van der Waals surface area (Å²) in [6.07, 6.45) is 0. The summed E-state index contributed by atoms with van der Waals surface area (Å²) in [6.45, 7) is 1.35. The van der Waals surface area contributed by atoms with Crippen LogP contribution in [-0.4, -0.2) is 34.1 Å². The van der Waals surface area contributed by atoms with E-state index in [9.17, 15) is 17.1 Å². The molecular weight excluding hydrogens is 261 g/mol. The number of thiazole rings is 1. The van der Waals surface area contributed by atoms with Gasteiger partial charge in [-0.3, -0.25) is 4.40 Å². The van der Waals surface area contributed by atoms with Crippen molar-refractivity contribution < 1.29 is 22.2 Å². The molecule has 0 aliphatic carbocycles. The van der Waals surface area contributed by atoms with Crippen LogP contribution in [0.2, 0.25) is 0 Å². The molecule has 86 valence electrons. The Morgan fingerprint density at radius 2 is 2.12 bits per heavy atom. The summed E-state index contributed by atoms with van der Waals surface area (Å²) in [4.78, 5) is 10.7. The minimum atomic E-state index is -5.02. The Labute approximate surface area is 92.4 Å². The third-order valence-corrected chi connectivity index (χ3v) is 3.69. The summed E-state index contributed by atoms with van der Waals surface area (Å²) in [5.74, 6) is -1.23. The molecule has 0 amide bonds. The van der Waals surface area contributed by atoms with Gasteiger partial charge in [0.25, 0.3) is 5.16 Å². The van der Waals surface area contributed by atoms with E-state index in [0.29, 0.717) is 0 Å². The zero-order valence-electron chi connectivity index (χ0n) is 7.71. The Bertz CT molecular complexity index is 686. The van der Waals surface area contributed by atoms with Crippen molar-refractivity contribution in [1.29, 1.82) is 0 Å². The number of aromatic nitrogens is 3. The van der Waals surface area contributed by atoms with Crippen molar-refractivity contribution in [2.75, 3.05) is 0 Å². The third-order valence-electron chi connectivity index (χ3n) is 1.87. The van der Waals surface area contributed by atoms with Crippen LogP contribution in [0.25, 0.3) is 4.96 Å². The van der Waals surface area contributed by atoms with Crippen LogP contribution in [0.5, 0.6) is 0 Å². The lowest BCUT2D eigenvalue weighted by Crippen LogP contribution is -2.03. The molecule has 2 aromatic rings. The van der Waals surface area contributed by atoms with Crippen molar-refractivity contribution in [2.24, 2.45) is 0 Å². The first-order valence-electron chi connectivity index (χ1n) is 3.85. The van der Waals surface area contributed by atoms with E-state index in [1.807, 2.05) is 0 Å². The number of aromatic carboxylic acids is 1. The van der Waals surface area contributed by atoms with E-state index in [1.54, 1.807) is 0 Å². The van der Waals surface area contributed by atoms with Crippen LogP contribution in [0.1, 0.15) is 15.4 Å². The zero-order chi connectivity index (χ0) is 12.1. The van der Waals surface area contributed by atoms with Crippen molar-refractivity contribution in [1.82, 2.24) is 14.6 Å². The summed E-state index contributed by atoms with van der Waals surface area (Å²) in [7, 11) is -5.02. The minimum absolute atomic E-state index is 0.0196. The molecule has 0 unspecified atom stereocenters. The van der Waals surface area contributed by atoms with Gasteiger partial charge in [-0.15, -0.1) is 10.2 Å². The Hall–Kier alpha value is -1.55. The monoisotopic (exact) mass is 265 g/mol. The fraction of sp³-hybridized carbons (Fsp3) is 0.167. The fourth-order valence-electron chi connectivity index (χ4n) is 1.23. The summed E-state index contributed by atoms with van der Waals surface area (Å²) < 4.78 is 35.1. The second kappa shape index (κ2) is 3.22. The van der Waals surface area contributed by atoms with Gasteiger partial charge in [0.2, 0.25) is 4.96 Å². The Kier molecular flexibility index (Phi) is 2.20. The van der Waals surface area contributed by atoms with Crippen LogP contribution < -0.4 is 0 Å². The molecule has 10 heteroatoms. The molecule has 0 fully saturated rings. The highest BCUT2D eigenvalue weighted by atomic mass is 32.3. The minimum Gasteiger partial charge on any atom is -0.477 e. The molecule has 2 heterocycles. The fourth-order valence-corrected chi connectivity index (χ4v) is 2.78. The maximum atomic E-state index is 12.8. The van der Waals surface area contributed by atoms with Crippen molar-refractivity contribution in [3.05, 3.63) is 10.6 Å². The summed E-state index contributed by atoms with van der Waals surface area (Å²) >= 11 is 0.728. The van der Waals surface area contributed by atoms with E-state index in [0.717, 1.165) is 15.7 Å². The molecule has 16 heavy (non-hydrogen) atoms. The lowest BCUT2D eigenvalue weighted by atomic mass is 10.4. The smallest absolute Gasteiger partial charge is 0.368 e. The van der Waals surface area contributed by atoms with Crippen LogP contribution in [0.3, 0.4) is 0 Å². The maximum Gasteiger partial charge on any atom is 0.368 e. The van der Waals surface area contributed by atoms with Crippen molar-refractivity contribution >= 4 is 32.5 Å². The quantitative estimate of drug-likeness (QED) is 0.791.